The summed E-state index contributed by atoms with van der Waals surface area (Å²) in [5, 5.41) is 13.8. The van der Waals surface area contributed by atoms with Gasteiger partial charge in [0.2, 0.25) is 5.91 Å². The molecule has 2 atom stereocenters. The first kappa shape index (κ1) is 23.5. The van der Waals surface area contributed by atoms with Gasteiger partial charge in [0.15, 0.2) is 0 Å². The summed E-state index contributed by atoms with van der Waals surface area (Å²) in [6, 6.07) is -2.40. The second kappa shape index (κ2) is 10.5. The van der Waals surface area contributed by atoms with Gasteiger partial charge in [0.1, 0.15) is 29.3 Å². The van der Waals surface area contributed by atoms with Crippen molar-refractivity contribution < 1.29 is 33.8 Å². The Morgan fingerprint density at radius 3 is 1.73 bits per heavy atom. The Labute approximate surface area is 152 Å². The van der Waals surface area contributed by atoms with E-state index < -0.39 is 35.7 Å². The lowest BCUT2D eigenvalue weighted by Gasteiger charge is -2.24. The number of rotatable bonds is 10. The Morgan fingerprint density at radius 1 is 0.885 bits per heavy atom. The lowest BCUT2D eigenvalue weighted by Crippen LogP contribution is -2.52. The van der Waals surface area contributed by atoms with Gasteiger partial charge >= 0.3 is 12.1 Å². The van der Waals surface area contributed by atoms with Gasteiger partial charge in [-0.25, -0.2) is 9.59 Å². The molecule has 9 heteroatoms. The maximum Gasteiger partial charge on any atom is 0.408 e. The van der Waals surface area contributed by atoms with Crippen LogP contribution >= 0.6 is 0 Å². The molecule has 0 saturated carbocycles. The minimum absolute atomic E-state index is 0.000539. The number of carboxylic acids is 1. The topological polar surface area (TPSA) is 139 Å². The number of ether oxygens (including phenoxy) is 1. The van der Waals surface area contributed by atoms with E-state index in [2.05, 4.69) is 10.6 Å². The van der Waals surface area contributed by atoms with Crippen LogP contribution in [0.1, 0.15) is 60.3 Å². The highest BCUT2D eigenvalue weighted by Gasteiger charge is 2.28. The fourth-order valence-corrected chi connectivity index (χ4v) is 1.94. The van der Waals surface area contributed by atoms with Gasteiger partial charge in [-0.15, -0.1) is 0 Å². The third kappa shape index (κ3) is 11.2. The molecule has 0 rings (SSSR count). The van der Waals surface area contributed by atoms with Crippen LogP contribution < -0.4 is 10.6 Å². The number of ketones is 2. The van der Waals surface area contributed by atoms with E-state index in [1.54, 1.807) is 20.8 Å². The highest BCUT2D eigenvalue weighted by atomic mass is 16.6. The third-order valence-electron chi connectivity index (χ3n) is 3.19. The predicted molar refractivity (Wildman–Crippen MR) is 92.6 cm³/mol. The van der Waals surface area contributed by atoms with E-state index in [4.69, 9.17) is 4.74 Å². The molecule has 0 aliphatic heterocycles. The van der Waals surface area contributed by atoms with Gasteiger partial charge in [0.05, 0.1) is 0 Å². The van der Waals surface area contributed by atoms with Crippen molar-refractivity contribution in [3.63, 3.8) is 0 Å². The Kier molecular flexibility index (Phi) is 9.53. The van der Waals surface area contributed by atoms with E-state index in [0.29, 0.717) is 0 Å². The van der Waals surface area contributed by atoms with Crippen LogP contribution in [-0.4, -0.2) is 52.3 Å². The van der Waals surface area contributed by atoms with Crippen molar-refractivity contribution in [3.8, 4) is 0 Å². The number of Topliss-reactive ketones (excluding diaryl/α,β-unsaturated/α-hetero) is 2. The van der Waals surface area contributed by atoms with Crippen LogP contribution in [0.4, 0.5) is 4.79 Å². The molecular weight excluding hydrogens is 344 g/mol. The molecule has 0 aliphatic carbocycles. The summed E-state index contributed by atoms with van der Waals surface area (Å²) in [6.07, 6.45) is -0.896. The molecule has 0 aliphatic rings. The molecule has 148 valence electrons. The number of hydrogen-bond acceptors (Lipinski definition) is 6. The first-order valence-electron chi connectivity index (χ1n) is 8.33. The second-order valence-electron chi connectivity index (χ2n) is 7.08. The summed E-state index contributed by atoms with van der Waals surface area (Å²) in [5.41, 5.74) is -0.781. The predicted octanol–water partition coefficient (Wildman–Crippen LogP) is 1.19. The number of alkyl carbamates (subject to hydrolysis) is 1. The number of carboxylic acid groups (broad SMARTS) is 1. The fourth-order valence-electron chi connectivity index (χ4n) is 1.94. The first-order chi connectivity index (χ1) is 11.8. The number of nitrogens with one attached hydrogen (secondary N) is 2. The van der Waals surface area contributed by atoms with E-state index in [1.807, 2.05) is 0 Å². The van der Waals surface area contributed by atoms with Crippen LogP contribution in [0, 0.1) is 0 Å². The van der Waals surface area contributed by atoms with Gasteiger partial charge in [0.25, 0.3) is 0 Å². The average Bonchev–Trinajstić information content (AvgIpc) is 2.44. The van der Waals surface area contributed by atoms with Gasteiger partial charge in [-0.1, -0.05) is 0 Å². The van der Waals surface area contributed by atoms with Crippen molar-refractivity contribution >= 4 is 29.5 Å². The Hall–Kier alpha value is -2.45. The highest BCUT2D eigenvalue weighted by Crippen LogP contribution is 2.09. The van der Waals surface area contributed by atoms with Crippen molar-refractivity contribution in [1.29, 1.82) is 0 Å². The van der Waals surface area contributed by atoms with Crippen molar-refractivity contribution in [1.82, 2.24) is 10.6 Å². The normalized spacial score (nSPS) is 13.3. The zero-order valence-electron chi connectivity index (χ0n) is 15.9. The number of carbonyl (C=O) groups excluding carboxylic acids is 4. The molecule has 0 radical (unpaired) electrons. The molecule has 0 saturated heterocycles. The second-order valence-corrected chi connectivity index (χ2v) is 7.08. The standard InChI is InChI=1S/C17H28N2O7/c1-10(20)6-8-12(19-16(25)26-17(3,4)5)14(22)18-13(15(23)24)9-7-11(2)21/h12-13H,6-9H2,1-5H3,(H,18,22)(H,19,25)(H,23,24)/t12-,13-/m1/s1. The van der Waals surface area contributed by atoms with Gasteiger partial charge in [-0.05, 0) is 47.5 Å². The van der Waals surface area contributed by atoms with Crippen LogP contribution in [0.15, 0.2) is 0 Å². The minimum atomic E-state index is -1.29. The van der Waals surface area contributed by atoms with E-state index in [9.17, 15) is 29.1 Å². The summed E-state index contributed by atoms with van der Waals surface area (Å²) in [6.45, 7) is 7.62. The van der Waals surface area contributed by atoms with Crippen LogP contribution in [-0.2, 0) is 23.9 Å². The average molecular weight is 372 g/mol. The summed E-state index contributed by atoms with van der Waals surface area (Å²) >= 11 is 0. The van der Waals surface area contributed by atoms with Gasteiger partial charge < -0.3 is 30.1 Å². The number of hydrogen-bond donors (Lipinski definition) is 3. The summed E-state index contributed by atoms with van der Waals surface area (Å²) in [5.74, 6) is -2.43. The number of amides is 2. The van der Waals surface area contributed by atoms with Crippen molar-refractivity contribution in [2.75, 3.05) is 0 Å². The number of carbonyl (C=O) groups is 5. The SMILES string of the molecule is CC(=O)CC[C@@H](NC(=O)[C@@H](CCC(C)=O)NC(=O)OC(C)(C)C)C(=O)O. The molecule has 0 aromatic carbocycles. The van der Waals surface area contributed by atoms with Crippen molar-refractivity contribution in [2.24, 2.45) is 0 Å². The molecule has 0 fully saturated rings. The van der Waals surface area contributed by atoms with E-state index in [1.165, 1.54) is 13.8 Å². The molecule has 0 spiro atoms. The largest absolute Gasteiger partial charge is 0.480 e. The Bertz CT molecular complexity index is 552. The maximum atomic E-state index is 12.4. The lowest BCUT2D eigenvalue weighted by atomic mass is 10.1. The fraction of sp³-hybridized carbons (Fsp3) is 0.706. The van der Waals surface area contributed by atoms with Crippen molar-refractivity contribution in [2.45, 2.75) is 78.0 Å². The molecule has 9 nitrogen and oxygen atoms in total. The van der Waals surface area contributed by atoms with Crippen LogP contribution in [0.3, 0.4) is 0 Å². The number of aliphatic carboxylic acids is 1. The Morgan fingerprint density at radius 2 is 1.35 bits per heavy atom. The highest BCUT2D eigenvalue weighted by molar-refractivity contribution is 5.90. The van der Waals surface area contributed by atoms with Crippen LogP contribution in [0.2, 0.25) is 0 Å². The summed E-state index contributed by atoms with van der Waals surface area (Å²) in [7, 11) is 0. The Balaban J connectivity index is 5.05. The van der Waals surface area contributed by atoms with Gasteiger partial charge in [-0.3, -0.25) is 4.79 Å². The van der Waals surface area contributed by atoms with Gasteiger partial charge in [0, 0.05) is 12.8 Å². The van der Waals surface area contributed by atoms with E-state index in [-0.39, 0.29) is 37.2 Å². The zero-order valence-corrected chi connectivity index (χ0v) is 15.9. The molecule has 2 amide bonds. The maximum absolute atomic E-state index is 12.4. The molecular formula is C17H28N2O7. The minimum Gasteiger partial charge on any atom is -0.480 e. The summed E-state index contributed by atoms with van der Waals surface area (Å²) < 4.78 is 5.08. The van der Waals surface area contributed by atoms with E-state index >= 15 is 0 Å². The zero-order chi connectivity index (χ0) is 20.5. The lowest BCUT2D eigenvalue weighted by molar-refractivity contribution is -0.142. The van der Waals surface area contributed by atoms with Crippen LogP contribution in [0.5, 0.6) is 0 Å². The quantitative estimate of drug-likeness (QED) is 0.523. The van der Waals surface area contributed by atoms with Crippen LogP contribution in [0.25, 0.3) is 0 Å². The van der Waals surface area contributed by atoms with Gasteiger partial charge in [-0.2, -0.15) is 0 Å². The molecule has 0 bridgehead atoms. The summed E-state index contributed by atoms with van der Waals surface area (Å²) in [4.78, 5) is 57.7. The monoisotopic (exact) mass is 372 g/mol. The first-order valence-corrected chi connectivity index (χ1v) is 8.33. The molecule has 0 aromatic heterocycles. The smallest absolute Gasteiger partial charge is 0.408 e. The molecule has 0 aromatic rings. The molecule has 0 unspecified atom stereocenters. The third-order valence-corrected chi connectivity index (χ3v) is 3.19. The van der Waals surface area contributed by atoms with E-state index in [0.717, 1.165) is 0 Å². The molecule has 26 heavy (non-hydrogen) atoms. The molecule has 0 heterocycles. The molecule has 3 N–H and O–H groups in total. The van der Waals surface area contributed by atoms with Crippen molar-refractivity contribution in [3.05, 3.63) is 0 Å².